The molecule has 7 nitrogen and oxygen atoms in total. The van der Waals surface area contributed by atoms with Gasteiger partial charge in [0.2, 0.25) is 16.8 Å². The Kier molecular flexibility index (Phi) is 4.98. The Hall–Kier alpha value is -1.51. The topological polar surface area (TPSA) is 62.3 Å². The molecule has 3 aliphatic rings. The van der Waals surface area contributed by atoms with E-state index in [1.54, 1.807) is 11.2 Å². The van der Waals surface area contributed by atoms with E-state index < -0.39 is 10.0 Å². The monoisotopic (exact) mass is 381 g/mol. The maximum absolute atomic E-state index is 12.0. The number of ether oxygens (including phenoxy) is 2. The molecule has 0 radical (unpaired) electrons. The number of hydrogen-bond acceptors (Lipinski definition) is 6. The number of fused-ring (bicyclic) bond motifs is 1. The zero-order valence-electron chi connectivity index (χ0n) is 15.3. The van der Waals surface area contributed by atoms with E-state index in [1.165, 1.54) is 5.69 Å². The molecule has 3 aliphatic heterocycles. The summed E-state index contributed by atoms with van der Waals surface area (Å²) in [7, 11) is -3.05. The molecule has 0 aliphatic carbocycles. The number of piperidine rings is 1. The van der Waals surface area contributed by atoms with Crippen LogP contribution in [0.1, 0.15) is 19.8 Å². The molecule has 26 heavy (non-hydrogen) atoms. The van der Waals surface area contributed by atoms with Crippen molar-refractivity contribution in [2.75, 3.05) is 56.7 Å². The Morgan fingerprint density at radius 1 is 1.00 bits per heavy atom. The molecule has 0 bridgehead atoms. The first-order chi connectivity index (χ1) is 12.6. The summed E-state index contributed by atoms with van der Waals surface area (Å²) in [6, 6.07) is 6.70. The van der Waals surface area contributed by atoms with Crippen LogP contribution in [-0.4, -0.2) is 75.5 Å². The normalized spacial score (nSPS) is 22.7. The van der Waals surface area contributed by atoms with Crippen molar-refractivity contribution in [3.63, 3.8) is 0 Å². The number of anilines is 1. The summed E-state index contributed by atoms with van der Waals surface area (Å²) in [6.07, 6.45) is 2.21. The molecule has 0 atom stereocenters. The lowest BCUT2D eigenvalue weighted by Crippen LogP contribution is -2.54. The standard InChI is InChI=1S/C18H27N3O4S/c1-2-26(22,23)21-11-9-20(10-12-21)15-5-7-19(8-6-15)16-3-4-17-18(13-16)25-14-24-17/h3-4,13,15H,2,5-12,14H2,1H3. The van der Waals surface area contributed by atoms with Crippen LogP contribution in [0.3, 0.4) is 0 Å². The minimum Gasteiger partial charge on any atom is -0.454 e. The molecule has 8 heteroatoms. The Balaban J connectivity index is 1.30. The van der Waals surface area contributed by atoms with Crippen molar-refractivity contribution >= 4 is 15.7 Å². The highest BCUT2D eigenvalue weighted by Gasteiger charge is 2.31. The van der Waals surface area contributed by atoms with Crippen LogP contribution in [0.5, 0.6) is 11.5 Å². The fraction of sp³-hybridized carbons (Fsp3) is 0.667. The molecule has 0 N–H and O–H groups in total. The summed E-state index contributed by atoms with van der Waals surface area (Å²) in [6.45, 7) is 6.97. The van der Waals surface area contributed by atoms with Gasteiger partial charge < -0.3 is 14.4 Å². The van der Waals surface area contributed by atoms with Gasteiger partial charge in [-0.25, -0.2) is 8.42 Å². The van der Waals surface area contributed by atoms with Crippen molar-refractivity contribution in [2.45, 2.75) is 25.8 Å². The van der Waals surface area contributed by atoms with Gasteiger partial charge in [0.05, 0.1) is 5.75 Å². The predicted molar refractivity (Wildman–Crippen MR) is 100 cm³/mol. The Morgan fingerprint density at radius 3 is 2.38 bits per heavy atom. The van der Waals surface area contributed by atoms with Crippen molar-refractivity contribution in [3.8, 4) is 11.5 Å². The number of rotatable bonds is 4. The third-order valence-electron chi connectivity index (χ3n) is 5.73. The smallest absolute Gasteiger partial charge is 0.231 e. The van der Waals surface area contributed by atoms with Crippen molar-refractivity contribution in [1.82, 2.24) is 9.21 Å². The molecule has 3 heterocycles. The van der Waals surface area contributed by atoms with Crippen LogP contribution in [0.2, 0.25) is 0 Å². The molecule has 0 amide bonds. The van der Waals surface area contributed by atoms with Gasteiger partial charge in [-0.3, -0.25) is 4.90 Å². The molecule has 1 aromatic carbocycles. The number of nitrogens with zero attached hydrogens (tertiary/aromatic N) is 3. The van der Waals surface area contributed by atoms with Crippen LogP contribution in [0, 0.1) is 0 Å². The van der Waals surface area contributed by atoms with Gasteiger partial charge in [-0.2, -0.15) is 4.31 Å². The number of hydrogen-bond donors (Lipinski definition) is 0. The van der Waals surface area contributed by atoms with Crippen molar-refractivity contribution in [1.29, 1.82) is 0 Å². The van der Waals surface area contributed by atoms with E-state index in [-0.39, 0.29) is 5.75 Å². The molecule has 0 spiro atoms. The second-order valence-electron chi connectivity index (χ2n) is 7.09. The van der Waals surface area contributed by atoms with E-state index in [9.17, 15) is 8.42 Å². The maximum Gasteiger partial charge on any atom is 0.231 e. The third-order valence-corrected chi connectivity index (χ3v) is 7.62. The van der Waals surface area contributed by atoms with E-state index >= 15 is 0 Å². The number of benzene rings is 1. The van der Waals surface area contributed by atoms with E-state index in [0.29, 0.717) is 25.9 Å². The lowest BCUT2D eigenvalue weighted by molar-refractivity contribution is 0.120. The molecular weight excluding hydrogens is 354 g/mol. The Morgan fingerprint density at radius 2 is 1.69 bits per heavy atom. The van der Waals surface area contributed by atoms with Gasteiger partial charge in [0, 0.05) is 57.1 Å². The summed E-state index contributed by atoms with van der Waals surface area (Å²) in [5.41, 5.74) is 1.19. The lowest BCUT2D eigenvalue weighted by atomic mass is 10.0. The molecule has 4 rings (SSSR count). The van der Waals surface area contributed by atoms with Crippen LogP contribution in [0.15, 0.2) is 18.2 Å². The highest BCUT2D eigenvalue weighted by Crippen LogP contribution is 2.36. The molecule has 1 aromatic rings. The summed E-state index contributed by atoms with van der Waals surface area (Å²) < 4.78 is 36.5. The van der Waals surface area contributed by atoms with Gasteiger partial charge in [-0.15, -0.1) is 0 Å². The molecule has 0 aromatic heterocycles. The molecule has 0 saturated carbocycles. The quantitative estimate of drug-likeness (QED) is 0.785. The van der Waals surface area contributed by atoms with Crippen LogP contribution in [0.25, 0.3) is 0 Å². The Bertz CT molecular complexity index is 739. The fourth-order valence-electron chi connectivity index (χ4n) is 4.10. The summed E-state index contributed by atoms with van der Waals surface area (Å²) >= 11 is 0. The second-order valence-corrected chi connectivity index (χ2v) is 9.35. The van der Waals surface area contributed by atoms with E-state index in [0.717, 1.165) is 50.5 Å². The van der Waals surface area contributed by atoms with E-state index in [4.69, 9.17) is 9.47 Å². The van der Waals surface area contributed by atoms with Crippen LogP contribution in [0.4, 0.5) is 5.69 Å². The van der Waals surface area contributed by atoms with Gasteiger partial charge in [0.1, 0.15) is 0 Å². The van der Waals surface area contributed by atoms with Gasteiger partial charge >= 0.3 is 0 Å². The zero-order valence-corrected chi connectivity index (χ0v) is 16.1. The predicted octanol–water partition coefficient (Wildman–Crippen LogP) is 1.35. The van der Waals surface area contributed by atoms with Gasteiger partial charge in [0.15, 0.2) is 11.5 Å². The third kappa shape index (κ3) is 3.50. The first kappa shape index (κ1) is 17.9. The first-order valence-electron chi connectivity index (χ1n) is 9.43. The van der Waals surface area contributed by atoms with E-state index in [1.807, 2.05) is 6.07 Å². The average Bonchev–Trinajstić information content (AvgIpc) is 3.16. The van der Waals surface area contributed by atoms with Gasteiger partial charge in [0.25, 0.3) is 0 Å². The van der Waals surface area contributed by atoms with Gasteiger partial charge in [-0.1, -0.05) is 0 Å². The number of sulfonamides is 1. The van der Waals surface area contributed by atoms with E-state index in [2.05, 4.69) is 21.9 Å². The second kappa shape index (κ2) is 7.25. The molecular formula is C18H27N3O4S. The maximum atomic E-state index is 12.0. The molecule has 2 fully saturated rings. The first-order valence-corrected chi connectivity index (χ1v) is 11.0. The van der Waals surface area contributed by atoms with Crippen molar-refractivity contribution in [3.05, 3.63) is 18.2 Å². The average molecular weight is 381 g/mol. The molecule has 0 unspecified atom stereocenters. The van der Waals surface area contributed by atoms with Crippen molar-refractivity contribution in [2.24, 2.45) is 0 Å². The lowest BCUT2D eigenvalue weighted by Gasteiger charge is -2.42. The minimum absolute atomic E-state index is 0.195. The summed E-state index contributed by atoms with van der Waals surface area (Å²) in [5.74, 6) is 1.85. The zero-order chi connectivity index (χ0) is 18.1. The molecule has 144 valence electrons. The highest BCUT2D eigenvalue weighted by molar-refractivity contribution is 7.89. The van der Waals surface area contributed by atoms with Crippen LogP contribution >= 0.6 is 0 Å². The summed E-state index contributed by atoms with van der Waals surface area (Å²) in [5, 5.41) is 0. The largest absolute Gasteiger partial charge is 0.454 e. The molecule has 2 saturated heterocycles. The number of piperazine rings is 1. The minimum atomic E-state index is -3.05. The summed E-state index contributed by atoms with van der Waals surface area (Å²) in [4.78, 5) is 4.87. The van der Waals surface area contributed by atoms with Gasteiger partial charge in [-0.05, 0) is 31.9 Å². The fourth-order valence-corrected chi connectivity index (χ4v) is 5.19. The highest BCUT2D eigenvalue weighted by atomic mass is 32.2. The van der Waals surface area contributed by atoms with Crippen LogP contribution in [-0.2, 0) is 10.0 Å². The SMILES string of the molecule is CCS(=O)(=O)N1CCN(C2CCN(c3ccc4c(c3)OCO4)CC2)CC1. The Labute approximate surface area is 155 Å². The van der Waals surface area contributed by atoms with Crippen LogP contribution < -0.4 is 14.4 Å². The van der Waals surface area contributed by atoms with Crippen molar-refractivity contribution < 1.29 is 17.9 Å².